The first kappa shape index (κ1) is 13.6. The molecule has 2 heterocycles. The largest absolute Gasteiger partial charge is 0.409 e. The topological polar surface area (TPSA) is 84.0 Å². The molecule has 1 aromatic heterocycles. The van der Waals surface area contributed by atoms with E-state index < -0.39 is 0 Å². The van der Waals surface area contributed by atoms with Crippen LogP contribution in [-0.2, 0) is 4.74 Å². The Bertz CT molecular complexity index is 686. The molecule has 1 fully saturated rings. The molecule has 0 amide bonds. The number of morpholine rings is 1. The minimum atomic E-state index is 0.0712. The third-order valence-corrected chi connectivity index (χ3v) is 3.73. The normalized spacial score (nSPS) is 20.0. The number of para-hydroxylation sites is 1. The molecule has 1 unspecified atom stereocenters. The van der Waals surface area contributed by atoms with E-state index in [1.165, 1.54) is 0 Å². The third kappa shape index (κ3) is 2.50. The maximum absolute atomic E-state index is 9.04. The molecule has 6 heteroatoms. The van der Waals surface area contributed by atoms with Crippen molar-refractivity contribution in [1.29, 1.82) is 0 Å². The zero-order chi connectivity index (χ0) is 14.8. The van der Waals surface area contributed by atoms with Crippen molar-refractivity contribution in [3.63, 3.8) is 0 Å². The van der Waals surface area contributed by atoms with Crippen LogP contribution in [-0.4, -0.2) is 41.8 Å². The van der Waals surface area contributed by atoms with Crippen LogP contribution in [0.3, 0.4) is 0 Å². The number of oxime groups is 1. The minimum Gasteiger partial charge on any atom is -0.409 e. The lowest BCUT2D eigenvalue weighted by atomic mass is 10.1. The third-order valence-electron chi connectivity index (χ3n) is 3.73. The van der Waals surface area contributed by atoms with Gasteiger partial charge in [-0.1, -0.05) is 23.4 Å². The first-order valence-corrected chi connectivity index (χ1v) is 6.93. The Labute approximate surface area is 122 Å². The molecule has 6 nitrogen and oxygen atoms in total. The number of ether oxygens (including phenoxy) is 1. The van der Waals surface area contributed by atoms with Crippen molar-refractivity contribution in [2.75, 3.05) is 24.7 Å². The highest BCUT2D eigenvalue weighted by molar-refractivity contribution is 6.04. The van der Waals surface area contributed by atoms with Crippen LogP contribution in [0.2, 0.25) is 0 Å². The van der Waals surface area contributed by atoms with Crippen LogP contribution in [0.1, 0.15) is 12.5 Å². The minimum absolute atomic E-state index is 0.0712. The van der Waals surface area contributed by atoms with E-state index in [4.69, 9.17) is 20.7 Å². The fraction of sp³-hybridized carbons (Fsp3) is 0.333. The van der Waals surface area contributed by atoms with E-state index >= 15 is 0 Å². The Kier molecular flexibility index (Phi) is 3.62. The predicted octanol–water partition coefficient (Wildman–Crippen LogP) is 1.55. The van der Waals surface area contributed by atoms with Crippen molar-refractivity contribution in [3.8, 4) is 0 Å². The van der Waals surface area contributed by atoms with Crippen LogP contribution in [0.15, 0.2) is 35.5 Å². The smallest absolute Gasteiger partial charge is 0.173 e. The van der Waals surface area contributed by atoms with Crippen LogP contribution in [0.25, 0.3) is 10.9 Å². The number of rotatable bonds is 2. The molecule has 1 aliphatic rings. The molecular formula is C15H18N4O2. The molecule has 0 spiro atoms. The summed E-state index contributed by atoms with van der Waals surface area (Å²) >= 11 is 0. The molecule has 3 N–H and O–H groups in total. The molecule has 1 aliphatic heterocycles. The van der Waals surface area contributed by atoms with Gasteiger partial charge in [-0.3, -0.25) is 0 Å². The van der Waals surface area contributed by atoms with Gasteiger partial charge in [0.1, 0.15) is 5.82 Å². The monoisotopic (exact) mass is 286 g/mol. The zero-order valence-electron chi connectivity index (χ0n) is 11.9. The van der Waals surface area contributed by atoms with Crippen molar-refractivity contribution in [3.05, 3.63) is 35.9 Å². The van der Waals surface area contributed by atoms with E-state index in [1.54, 1.807) is 0 Å². The Balaban J connectivity index is 2.18. The first-order valence-electron chi connectivity index (χ1n) is 6.93. The lowest BCUT2D eigenvalue weighted by Crippen LogP contribution is -2.45. The van der Waals surface area contributed by atoms with Gasteiger partial charge < -0.3 is 20.6 Å². The fourth-order valence-electron chi connectivity index (χ4n) is 2.61. The standard InChI is InChI=1S/C15H18N4O2/c1-10-9-21-7-6-19(10)15-12(14(16)18-20)8-11-4-2-3-5-13(11)17-15/h2-5,8,10,20H,6-7,9H2,1H3,(H2,16,18). The molecule has 0 saturated carbocycles. The zero-order valence-corrected chi connectivity index (χ0v) is 11.9. The second kappa shape index (κ2) is 5.57. The van der Waals surface area contributed by atoms with Crippen molar-refractivity contribution >= 4 is 22.6 Å². The molecule has 0 aliphatic carbocycles. The number of amidine groups is 1. The highest BCUT2D eigenvalue weighted by atomic mass is 16.5. The summed E-state index contributed by atoms with van der Waals surface area (Å²) in [6.07, 6.45) is 0. The molecule has 2 aromatic rings. The van der Waals surface area contributed by atoms with Gasteiger partial charge in [-0.05, 0) is 19.1 Å². The summed E-state index contributed by atoms with van der Waals surface area (Å²) in [5.74, 6) is 0.807. The van der Waals surface area contributed by atoms with Crippen molar-refractivity contribution in [2.24, 2.45) is 10.9 Å². The Morgan fingerprint density at radius 1 is 1.48 bits per heavy atom. The van der Waals surface area contributed by atoms with Crippen molar-refractivity contribution < 1.29 is 9.94 Å². The maximum atomic E-state index is 9.04. The number of hydrogen-bond acceptors (Lipinski definition) is 5. The van der Waals surface area contributed by atoms with Crippen LogP contribution in [0, 0.1) is 0 Å². The highest BCUT2D eigenvalue weighted by Crippen LogP contribution is 2.26. The average molecular weight is 286 g/mol. The quantitative estimate of drug-likeness (QED) is 0.379. The summed E-state index contributed by atoms with van der Waals surface area (Å²) in [6.45, 7) is 4.10. The Morgan fingerprint density at radius 2 is 2.29 bits per heavy atom. The van der Waals surface area contributed by atoms with Crippen LogP contribution in [0.4, 0.5) is 5.82 Å². The van der Waals surface area contributed by atoms with Gasteiger partial charge in [-0.15, -0.1) is 0 Å². The number of nitrogens with two attached hydrogens (primary N) is 1. The average Bonchev–Trinajstić information content (AvgIpc) is 2.53. The summed E-state index contributed by atoms with van der Waals surface area (Å²) < 4.78 is 5.47. The number of aromatic nitrogens is 1. The number of pyridine rings is 1. The number of hydrogen-bond donors (Lipinski definition) is 2. The van der Waals surface area contributed by atoms with Crippen LogP contribution < -0.4 is 10.6 Å². The molecule has 1 atom stereocenters. The van der Waals surface area contributed by atoms with Gasteiger partial charge in [0.05, 0.1) is 30.3 Å². The summed E-state index contributed by atoms with van der Waals surface area (Å²) in [5.41, 5.74) is 7.37. The van der Waals surface area contributed by atoms with E-state index in [2.05, 4.69) is 17.0 Å². The lowest BCUT2D eigenvalue weighted by Gasteiger charge is -2.35. The SMILES string of the molecule is CC1COCCN1c1nc2ccccc2cc1C(N)=NO. The van der Waals surface area contributed by atoms with E-state index in [0.717, 1.165) is 23.3 Å². The highest BCUT2D eigenvalue weighted by Gasteiger charge is 2.24. The van der Waals surface area contributed by atoms with Crippen molar-refractivity contribution in [1.82, 2.24) is 4.98 Å². The molecule has 1 saturated heterocycles. The number of nitrogens with zero attached hydrogens (tertiary/aromatic N) is 3. The first-order chi connectivity index (χ1) is 10.2. The lowest BCUT2D eigenvalue weighted by molar-refractivity contribution is 0.0985. The maximum Gasteiger partial charge on any atom is 0.173 e. The predicted molar refractivity (Wildman–Crippen MR) is 81.9 cm³/mol. The molecule has 0 bridgehead atoms. The van der Waals surface area contributed by atoms with E-state index in [1.807, 2.05) is 30.3 Å². The Hall–Kier alpha value is -2.34. The van der Waals surface area contributed by atoms with E-state index in [-0.39, 0.29) is 11.9 Å². The number of anilines is 1. The summed E-state index contributed by atoms with van der Waals surface area (Å²) in [7, 11) is 0. The van der Waals surface area contributed by atoms with E-state index in [0.29, 0.717) is 18.8 Å². The summed E-state index contributed by atoms with van der Waals surface area (Å²) in [6, 6.07) is 9.91. The second-order valence-corrected chi connectivity index (χ2v) is 5.15. The van der Waals surface area contributed by atoms with E-state index in [9.17, 15) is 0 Å². The van der Waals surface area contributed by atoms with Gasteiger partial charge in [0.15, 0.2) is 5.84 Å². The van der Waals surface area contributed by atoms with Crippen LogP contribution in [0.5, 0.6) is 0 Å². The Morgan fingerprint density at radius 3 is 3.05 bits per heavy atom. The van der Waals surface area contributed by atoms with Gasteiger partial charge in [0.25, 0.3) is 0 Å². The molecular weight excluding hydrogens is 268 g/mol. The second-order valence-electron chi connectivity index (χ2n) is 5.15. The van der Waals surface area contributed by atoms with Gasteiger partial charge in [-0.25, -0.2) is 4.98 Å². The van der Waals surface area contributed by atoms with Crippen molar-refractivity contribution in [2.45, 2.75) is 13.0 Å². The fourth-order valence-corrected chi connectivity index (χ4v) is 2.61. The molecule has 110 valence electrons. The van der Waals surface area contributed by atoms with Gasteiger partial charge in [0, 0.05) is 11.9 Å². The molecule has 1 aromatic carbocycles. The van der Waals surface area contributed by atoms with Gasteiger partial charge in [-0.2, -0.15) is 0 Å². The summed E-state index contributed by atoms with van der Waals surface area (Å²) in [5, 5.41) is 13.1. The molecule has 3 rings (SSSR count). The van der Waals surface area contributed by atoms with Gasteiger partial charge in [0.2, 0.25) is 0 Å². The van der Waals surface area contributed by atoms with Gasteiger partial charge >= 0.3 is 0 Å². The molecule has 21 heavy (non-hydrogen) atoms. The summed E-state index contributed by atoms with van der Waals surface area (Å²) in [4.78, 5) is 6.86. The number of benzene rings is 1. The van der Waals surface area contributed by atoms with Crippen LogP contribution >= 0.6 is 0 Å². The molecule has 0 radical (unpaired) electrons. The number of fused-ring (bicyclic) bond motifs is 1.